The first-order valence-corrected chi connectivity index (χ1v) is 10.7. The van der Waals surface area contributed by atoms with E-state index in [1.165, 1.54) is 28.0 Å². The molecule has 0 bridgehead atoms. The van der Waals surface area contributed by atoms with Crippen molar-refractivity contribution >= 4 is 42.5 Å². The van der Waals surface area contributed by atoms with E-state index < -0.39 is 47.4 Å². The highest BCUT2D eigenvalue weighted by atomic mass is 32.2. The van der Waals surface area contributed by atoms with Crippen LogP contribution in [0.3, 0.4) is 0 Å². The third kappa shape index (κ3) is 2.81. The van der Waals surface area contributed by atoms with Crippen molar-refractivity contribution in [3.8, 4) is 0 Å². The Hall–Kier alpha value is -0.900. The molecule has 3 unspecified atom stereocenters. The van der Waals surface area contributed by atoms with E-state index in [9.17, 15) is 23.9 Å². The summed E-state index contributed by atoms with van der Waals surface area (Å²) < 4.78 is 10.9. The molecule has 0 aliphatic carbocycles. The van der Waals surface area contributed by atoms with E-state index >= 15 is 0 Å². The Labute approximate surface area is 146 Å². The summed E-state index contributed by atoms with van der Waals surface area (Å²) in [6.45, 7) is 3.37. The third-order valence-corrected chi connectivity index (χ3v) is 8.17. The summed E-state index contributed by atoms with van der Waals surface area (Å²) in [5, 5.41) is 5.68. The van der Waals surface area contributed by atoms with E-state index in [1.54, 1.807) is 30.7 Å². The number of fused-ring (bicyclic) bond motifs is 1. The van der Waals surface area contributed by atoms with Crippen LogP contribution in [0.25, 0.3) is 0 Å². The topological polar surface area (TPSA) is 133 Å². The van der Waals surface area contributed by atoms with Gasteiger partial charge < -0.3 is 25.7 Å². The summed E-state index contributed by atoms with van der Waals surface area (Å²) in [7, 11) is -4.49. The summed E-state index contributed by atoms with van der Waals surface area (Å²) in [5.41, 5.74) is 6.54. The second-order valence-electron chi connectivity index (χ2n) is 6.34. The molecular weight excluding hydrogens is 373 g/mol. The number of carbonyl (C=O) groups is 2. The zero-order valence-electron chi connectivity index (χ0n) is 12.9. The number of nitrogens with zero attached hydrogens (tertiary/aromatic N) is 1. The number of hydrogen-bond acceptors (Lipinski definition) is 6. The first-order valence-electron chi connectivity index (χ1n) is 7.17. The van der Waals surface area contributed by atoms with Crippen molar-refractivity contribution < 1.29 is 23.9 Å². The lowest BCUT2D eigenvalue weighted by Crippen LogP contribution is -2.69. The summed E-state index contributed by atoms with van der Waals surface area (Å²) in [4.78, 5) is 44.9. The van der Waals surface area contributed by atoms with E-state index in [-0.39, 0.29) is 0 Å². The van der Waals surface area contributed by atoms with Gasteiger partial charge in [0, 0.05) is 4.75 Å². The SMILES string of the molecule is CC1(C)S[C@H]2C(NC(=O)C(N)c3ccsc3)C(=O)N2C1P(=O)(O)O. The Kier molecular flexibility index (Phi) is 4.35. The lowest BCUT2D eigenvalue weighted by atomic mass is 10.0. The molecule has 4 atom stereocenters. The minimum atomic E-state index is -4.49. The zero-order valence-corrected chi connectivity index (χ0v) is 15.5. The highest BCUT2D eigenvalue weighted by molar-refractivity contribution is 8.02. The van der Waals surface area contributed by atoms with Crippen LogP contribution in [0.5, 0.6) is 0 Å². The maximum absolute atomic E-state index is 12.3. The first kappa shape index (κ1) is 17.9. The van der Waals surface area contributed by atoms with Crippen LogP contribution in [-0.2, 0) is 14.2 Å². The average molecular weight is 391 g/mol. The molecule has 3 rings (SSSR count). The molecule has 5 N–H and O–H groups in total. The molecule has 2 saturated heterocycles. The van der Waals surface area contributed by atoms with Crippen molar-refractivity contribution in [1.29, 1.82) is 0 Å². The first-order chi connectivity index (χ1) is 11.0. The Morgan fingerprint density at radius 1 is 1.50 bits per heavy atom. The zero-order chi connectivity index (χ0) is 17.9. The fourth-order valence-electron chi connectivity index (χ4n) is 3.12. The fraction of sp³-hybridized carbons (Fsp3) is 0.538. The van der Waals surface area contributed by atoms with E-state index in [1.807, 2.05) is 0 Å². The van der Waals surface area contributed by atoms with Gasteiger partial charge in [-0.05, 0) is 36.2 Å². The van der Waals surface area contributed by atoms with Crippen LogP contribution >= 0.6 is 30.7 Å². The van der Waals surface area contributed by atoms with Gasteiger partial charge in [-0.3, -0.25) is 14.2 Å². The Morgan fingerprint density at radius 2 is 2.17 bits per heavy atom. The molecule has 3 heterocycles. The number of β-lactam (4-membered cyclic amide) rings is 1. The van der Waals surface area contributed by atoms with E-state index in [0.29, 0.717) is 5.56 Å². The fourth-order valence-corrected chi connectivity index (χ4v) is 7.41. The normalized spacial score (nSPS) is 29.8. The van der Waals surface area contributed by atoms with Crippen molar-refractivity contribution in [3.05, 3.63) is 22.4 Å². The Bertz CT molecular complexity index is 719. The maximum atomic E-state index is 12.3. The van der Waals surface area contributed by atoms with Crippen LogP contribution in [0.4, 0.5) is 0 Å². The van der Waals surface area contributed by atoms with Gasteiger partial charge in [0.2, 0.25) is 11.8 Å². The minimum absolute atomic E-state index is 0.482. The number of nitrogens with two attached hydrogens (primary N) is 1. The lowest BCUT2D eigenvalue weighted by Gasteiger charge is -2.44. The van der Waals surface area contributed by atoms with Crippen LogP contribution in [-0.4, -0.2) is 48.4 Å². The van der Waals surface area contributed by atoms with Crippen molar-refractivity contribution in [2.24, 2.45) is 5.73 Å². The molecule has 24 heavy (non-hydrogen) atoms. The highest BCUT2D eigenvalue weighted by Crippen LogP contribution is 2.62. The number of hydrogen-bond donors (Lipinski definition) is 4. The molecule has 2 amide bonds. The molecule has 8 nitrogen and oxygen atoms in total. The maximum Gasteiger partial charge on any atom is 0.349 e. The van der Waals surface area contributed by atoms with Crippen LogP contribution in [0, 0.1) is 0 Å². The molecule has 1 aromatic rings. The molecule has 2 fully saturated rings. The molecule has 0 radical (unpaired) electrons. The van der Waals surface area contributed by atoms with Crippen molar-refractivity contribution in [2.75, 3.05) is 0 Å². The molecule has 132 valence electrons. The number of rotatable bonds is 4. The van der Waals surface area contributed by atoms with Crippen LogP contribution in [0.2, 0.25) is 0 Å². The number of amides is 2. The summed E-state index contributed by atoms with van der Waals surface area (Å²) in [6.07, 6.45) is 0. The molecule has 0 saturated carbocycles. The van der Waals surface area contributed by atoms with Gasteiger partial charge in [-0.2, -0.15) is 11.3 Å². The largest absolute Gasteiger partial charge is 0.349 e. The second kappa shape index (κ2) is 5.82. The molecule has 0 spiro atoms. The number of carbonyl (C=O) groups excluding carboxylic acids is 2. The molecule has 11 heteroatoms. The van der Waals surface area contributed by atoms with Gasteiger partial charge in [-0.15, -0.1) is 11.8 Å². The lowest BCUT2D eigenvalue weighted by molar-refractivity contribution is -0.149. The van der Waals surface area contributed by atoms with Crippen LogP contribution in [0.15, 0.2) is 16.8 Å². The van der Waals surface area contributed by atoms with Crippen molar-refractivity contribution in [3.63, 3.8) is 0 Å². The number of thiophene rings is 1. The Morgan fingerprint density at radius 3 is 2.71 bits per heavy atom. The van der Waals surface area contributed by atoms with Crippen LogP contribution in [0.1, 0.15) is 25.5 Å². The quantitative estimate of drug-likeness (QED) is 0.432. The molecule has 0 aromatic carbocycles. The van der Waals surface area contributed by atoms with Crippen LogP contribution < -0.4 is 11.1 Å². The molecular formula is C13H18N3O5PS2. The monoisotopic (exact) mass is 391 g/mol. The third-order valence-electron chi connectivity index (χ3n) is 4.19. The predicted octanol–water partition coefficient (Wildman–Crippen LogP) is 0.430. The van der Waals surface area contributed by atoms with E-state index in [2.05, 4.69) is 5.32 Å². The van der Waals surface area contributed by atoms with Gasteiger partial charge in [0.25, 0.3) is 0 Å². The second-order valence-corrected chi connectivity index (χ2v) is 10.6. The van der Waals surface area contributed by atoms with E-state index in [4.69, 9.17) is 5.73 Å². The standard InChI is InChI=1S/C13H18N3O5PS2/c1-13(2)12(22(19,20)21)16-10(18)8(11(16)24-13)15-9(17)7(14)6-3-4-23-5-6/h3-5,7-8,11-12H,14H2,1-2H3,(H,15,17)(H2,19,20,21)/t7?,8?,11-,12?/m0/s1. The smallest absolute Gasteiger partial charge is 0.340 e. The van der Waals surface area contributed by atoms with Gasteiger partial charge in [0.05, 0.1) is 0 Å². The number of nitrogens with one attached hydrogen (secondary N) is 1. The summed E-state index contributed by atoms with van der Waals surface area (Å²) >= 11 is 2.69. The molecule has 2 aliphatic rings. The van der Waals surface area contributed by atoms with Gasteiger partial charge in [0.15, 0.2) is 0 Å². The van der Waals surface area contributed by atoms with Crippen molar-refractivity contribution in [1.82, 2.24) is 10.2 Å². The summed E-state index contributed by atoms with van der Waals surface area (Å²) in [5.74, 6) is -2.16. The van der Waals surface area contributed by atoms with Gasteiger partial charge in [0.1, 0.15) is 23.2 Å². The van der Waals surface area contributed by atoms with Gasteiger partial charge in [-0.1, -0.05) is 0 Å². The highest BCUT2D eigenvalue weighted by Gasteiger charge is 2.66. The van der Waals surface area contributed by atoms with Crippen molar-refractivity contribution in [2.45, 2.75) is 41.8 Å². The van der Waals surface area contributed by atoms with Gasteiger partial charge in [-0.25, -0.2) is 0 Å². The molecule has 2 aliphatic heterocycles. The Balaban J connectivity index is 1.74. The van der Waals surface area contributed by atoms with E-state index in [0.717, 1.165) is 0 Å². The predicted molar refractivity (Wildman–Crippen MR) is 91.3 cm³/mol. The minimum Gasteiger partial charge on any atom is -0.340 e. The average Bonchev–Trinajstić information content (AvgIpc) is 3.07. The number of thioether (sulfide) groups is 1. The molecule has 1 aromatic heterocycles. The summed E-state index contributed by atoms with van der Waals surface area (Å²) in [6, 6.07) is 0.0410. The van der Waals surface area contributed by atoms with Gasteiger partial charge >= 0.3 is 7.60 Å².